The number of hydrogen-bond acceptors (Lipinski definition) is 4. The van der Waals surface area contributed by atoms with Gasteiger partial charge in [-0.3, -0.25) is 9.59 Å². The second kappa shape index (κ2) is 10.1. The van der Waals surface area contributed by atoms with Crippen molar-refractivity contribution in [3.8, 4) is 11.1 Å². The van der Waals surface area contributed by atoms with Gasteiger partial charge in [-0.25, -0.2) is 4.79 Å². The Hall–Kier alpha value is -3.35. The van der Waals surface area contributed by atoms with Crippen molar-refractivity contribution in [3.63, 3.8) is 0 Å². The number of nitrogens with zero attached hydrogens (tertiary/aromatic N) is 1. The van der Waals surface area contributed by atoms with E-state index in [9.17, 15) is 14.4 Å². The van der Waals surface area contributed by atoms with Crippen molar-refractivity contribution >= 4 is 18.0 Å². The zero-order chi connectivity index (χ0) is 23.4. The van der Waals surface area contributed by atoms with E-state index in [1.54, 1.807) is 7.05 Å². The average molecular weight is 451 g/mol. The summed E-state index contributed by atoms with van der Waals surface area (Å²) in [7, 11) is 1.62. The molecule has 2 aromatic carbocycles. The number of carbonyl (C=O) groups excluding carboxylic acids is 2. The summed E-state index contributed by atoms with van der Waals surface area (Å²) in [6, 6.07) is 16.3. The molecule has 7 nitrogen and oxygen atoms in total. The quantitative estimate of drug-likeness (QED) is 0.633. The Bertz CT molecular complexity index is 991. The van der Waals surface area contributed by atoms with Gasteiger partial charge in [0.05, 0.1) is 6.42 Å². The van der Waals surface area contributed by atoms with Gasteiger partial charge in [-0.15, -0.1) is 0 Å². The number of carbonyl (C=O) groups is 3. The van der Waals surface area contributed by atoms with Crippen LogP contribution in [0.15, 0.2) is 48.5 Å². The summed E-state index contributed by atoms with van der Waals surface area (Å²) >= 11 is 0. The van der Waals surface area contributed by atoms with Gasteiger partial charge >= 0.3 is 12.1 Å². The first-order valence-electron chi connectivity index (χ1n) is 11.5. The number of carboxylic acid groups (broad SMARTS) is 1. The molecule has 33 heavy (non-hydrogen) atoms. The molecule has 174 valence electrons. The Morgan fingerprint density at radius 2 is 1.67 bits per heavy atom. The molecule has 2 aliphatic carbocycles. The highest BCUT2D eigenvalue weighted by Crippen LogP contribution is 2.44. The fourth-order valence-corrected chi connectivity index (χ4v) is 5.03. The molecule has 1 fully saturated rings. The summed E-state index contributed by atoms with van der Waals surface area (Å²) in [5, 5.41) is 11.8. The molecule has 4 rings (SSSR count). The van der Waals surface area contributed by atoms with E-state index in [-0.39, 0.29) is 43.4 Å². The molecule has 0 aliphatic heterocycles. The van der Waals surface area contributed by atoms with E-state index < -0.39 is 12.1 Å². The van der Waals surface area contributed by atoms with Crippen LogP contribution in [0, 0.1) is 5.92 Å². The second-order valence-electron chi connectivity index (χ2n) is 8.93. The van der Waals surface area contributed by atoms with Crippen molar-refractivity contribution in [2.45, 2.75) is 44.1 Å². The van der Waals surface area contributed by atoms with Gasteiger partial charge in [-0.05, 0) is 41.0 Å². The first-order valence-corrected chi connectivity index (χ1v) is 11.5. The minimum Gasteiger partial charge on any atom is -0.481 e. The molecular formula is C26H30N2O5. The van der Waals surface area contributed by atoms with Crippen molar-refractivity contribution in [1.82, 2.24) is 10.2 Å². The summed E-state index contributed by atoms with van der Waals surface area (Å²) in [5.41, 5.74) is 4.70. The van der Waals surface area contributed by atoms with Crippen molar-refractivity contribution in [1.29, 1.82) is 0 Å². The van der Waals surface area contributed by atoms with Crippen molar-refractivity contribution in [2.24, 2.45) is 5.92 Å². The fourth-order valence-electron chi connectivity index (χ4n) is 5.03. The van der Waals surface area contributed by atoms with Crippen LogP contribution in [0.1, 0.15) is 49.1 Å². The normalized spacial score (nSPS) is 18.9. The summed E-state index contributed by atoms with van der Waals surface area (Å²) < 4.78 is 5.66. The van der Waals surface area contributed by atoms with Gasteiger partial charge in [0.2, 0.25) is 5.91 Å². The van der Waals surface area contributed by atoms with E-state index in [0.29, 0.717) is 6.42 Å². The highest BCUT2D eigenvalue weighted by molar-refractivity contribution is 5.79. The minimum absolute atomic E-state index is 0.00647. The Morgan fingerprint density at radius 1 is 1.03 bits per heavy atom. The Kier molecular flexibility index (Phi) is 6.96. The SMILES string of the molecule is CN(CCC(=O)O)C(=O)C[C@@H]1CCC[C@H]1NC(=O)OCC1c2ccccc2-c2ccccc21. The summed E-state index contributed by atoms with van der Waals surface area (Å²) in [6.45, 7) is 0.444. The molecule has 2 amide bonds. The third kappa shape index (κ3) is 5.18. The van der Waals surface area contributed by atoms with Gasteiger partial charge in [0.25, 0.3) is 0 Å². The van der Waals surface area contributed by atoms with Crippen molar-refractivity contribution in [3.05, 3.63) is 59.7 Å². The van der Waals surface area contributed by atoms with Gasteiger partial charge in [-0.1, -0.05) is 55.0 Å². The van der Waals surface area contributed by atoms with E-state index in [0.717, 1.165) is 19.3 Å². The number of rotatable bonds is 8. The number of benzene rings is 2. The number of ether oxygens (including phenoxy) is 1. The maximum absolute atomic E-state index is 12.6. The minimum atomic E-state index is -0.926. The smallest absolute Gasteiger partial charge is 0.407 e. The molecule has 0 unspecified atom stereocenters. The zero-order valence-electron chi connectivity index (χ0n) is 18.8. The fraction of sp³-hybridized carbons (Fsp3) is 0.423. The molecule has 0 bridgehead atoms. The molecule has 0 saturated heterocycles. The number of amides is 2. The van der Waals surface area contributed by atoms with E-state index in [4.69, 9.17) is 9.84 Å². The van der Waals surface area contributed by atoms with Crippen LogP contribution < -0.4 is 5.32 Å². The van der Waals surface area contributed by atoms with Gasteiger partial charge in [0.1, 0.15) is 6.61 Å². The van der Waals surface area contributed by atoms with Crippen molar-refractivity contribution < 1.29 is 24.2 Å². The topological polar surface area (TPSA) is 95.9 Å². The lowest BCUT2D eigenvalue weighted by Crippen LogP contribution is -2.40. The third-order valence-corrected chi connectivity index (χ3v) is 6.83. The maximum Gasteiger partial charge on any atom is 0.407 e. The predicted molar refractivity (Wildman–Crippen MR) is 124 cm³/mol. The third-order valence-electron chi connectivity index (χ3n) is 6.83. The molecule has 0 radical (unpaired) electrons. The Labute approximate surface area is 193 Å². The lowest BCUT2D eigenvalue weighted by Gasteiger charge is -2.24. The molecule has 2 aliphatic rings. The maximum atomic E-state index is 12.6. The molecule has 0 aromatic heterocycles. The molecule has 2 N–H and O–H groups in total. The Balaban J connectivity index is 1.32. The molecule has 0 heterocycles. The molecular weight excluding hydrogens is 420 g/mol. The largest absolute Gasteiger partial charge is 0.481 e. The first kappa shape index (κ1) is 22.8. The van der Waals surface area contributed by atoms with E-state index in [1.165, 1.54) is 27.2 Å². The lowest BCUT2D eigenvalue weighted by atomic mass is 9.98. The highest BCUT2D eigenvalue weighted by Gasteiger charge is 2.33. The van der Waals surface area contributed by atoms with Crippen LogP contribution in [0.3, 0.4) is 0 Å². The summed E-state index contributed by atoms with van der Waals surface area (Å²) in [6.07, 6.45) is 2.36. The van der Waals surface area contributed by atoms with Crippen LogP contribution in [-0.2, 0) is 14.3 Å². The molecule has 2 atom stereocenters. The number of alkyl carbamates (subject to hydrolysis) is 1. The van der Waals surface area contributed by atoms with Crippen LogP contribution in [0.25, 0.3) is 11.1 Å². The molecule has 7 heteroatoms. The van der Waals surface area contributed by atoms with E-state index in [1.807, 2.05) is 24.3 Å². The molecule has 1 saturated carbocycles. The molecule has 2 aromatic rings. The number of hydrogen-bond donors (Lipinski definition) is 2. The monoisotopic (exact) mass is 450 g/mol. The number of aliphatic carboxylic acids is 1. The van der Waals surface area contributed by atoms with Crippen LogP contribution >= 0.6 is 0 Å². The van der Waals surface area contributed by atoms with Crippen LogP contribution in [0.4, 0.5) is 4.79 Å². The summed E-state index contributed by atoms with van der Waals surface area (Å²) in [4.78, 5) is 37.3. The predicted octanol–water partition coefficient (Wildman–Crippen LogP) is 4.02. The number of fused-ring (bicyclic) bond motifs is 3. The van der Waals surface area contributed by atoms with E-state index in [2.05, 4.69) is 29.6 Å². The van der Waals surface area contributed by atoms with Gasteiger partial charge in [0, 0.05) is 32.0 Å². The molecule has 0 spiro atoms. The van der Waals surface area contributed by atoms with Crippen LogP contribution in [-0.4, -0.2) is 54.2 Å². The number of nitrogens with one attached hydrogen (secondary N) is 1. The zero-order valence-corrected chi connectivity index (χ0v) is 18.8. The van der Waals surface area contributed by atoms with Crippen LogP contribution in [0.5, 0.6) is 0 Å². The van der Waals surface area contributed by atoms with E-state index >= 15 is 0 Å². The van der Waals surface area contributed by atoms with Gasteiger partial charge in [-0.2, -0.15) is 0 Å². The summed E-state index contributed by atoms with van der Waals surface area (Å²) in [5.74, 6) is -0.981. The highest BCUT2D eigenvalue weighted by atomic mass is 16.5. The first-order chi connectivity index (χ1) is 15.9. The van der Waals surface area contributed by atoms with Gasteiger partial charge in [0.15, 0.2) is 0 Å². The van der Waals surface area contributed by atoms with Gasteiger partial charge < -0.3 is 20.1 Å². The second-order valence-corrected chi connectivity index (χ2v) is 8.93. The standard InChI is InChI=1S/C26H30N2O5/c1-28(14-13-25(30)31)24(29)15-17-7-6-12-23(17)27-26(32)33-16-22-20-10-4-2-8-18(20)19-9-3-5-11-21(19)22/h2-5,8-11,17,22-23H,6-7,12-16H2,1H3,(H,27,32)(H,30,31)/t17-,23+/m0/s1. The average Bonchev–Trinajstić information content (AvgIpc) is 3.37. The van der Waals surface area contributed by atoms with Crippen LogP contribution in [0.2, 0.25) is 0 Å². The van der Waals surface area contributed by atoms with Crippen molar-refractivity contribution in [2.75, 3.05) is 20.2 Å². The number of carboxylic acids is 1. The Morgan fingerprint density at radius 3 is 2.30 bits per heavy atom. The lowest BCUT2D eigenvalue weighted by molar-refractivity contribution is -0.138.